The SMILES string of the molecule is CCc1c2c(nc3ccc(O)cc13)-c1cc3c(c(=O)n1C2)COC(=O)[C@@]3(CC)OC(=O)OCCSSCCNC(=O)c1ccc(N2CCN(C)CC2)cc1.CCc1c2c(nc3ccc(OC(=O)OC(C)(C)C)cc13)-c1cc3c(c(=O)n1C2)COC(=O)[C@@]3(CC)OC(=O)OCCSSCCNC(=O)c1ccc(N2CCN(C)CC2)cc1. The van der Waals surface area contributed by atoms with Crippen LogP contribution in [0.4, 0.5) is 25.8 Å². The maximum Gasteiger partial charge on any atom is 0.514 e. The number of hydrogen-bond acceptors (Lipinski definition) is 28. The highest BCUT2D eigenvalue weighted by atomic mass is 33.1. The van der Waals surface area contributed by atoms with E-state index in [0.717, 1.165) is 96.8 Å². The summed E-state index contributed by atoms with van der Waals surface area (Å²) in [4.78, 5) is 138. The number of aromatic nitrogens is 4. The van der Waals surface area contributed by atoms with Crippen LogP contribution in [0, 0.1) is 0 Å². The lowest BCUT2D eigenvalue weighted by molar-refractivity contribution is -0.175. The predicted octanol–water partition coefficient (Wildman–Crippen LogP) is 11.8. The molecule has 3 N–H and O–H groups in total. The van der Waals surface area contributed by atoms with Crippen LogP contribution in [0.15, 0.2) is 107 Å². The van der Waals surface area contributed by atoms with E-state index in [2.05, 4.69) is 44.3 Å². The molecule has 14 rings (SSSR count). The zero-order chi connectivity index (χ0) is 81.5. The van der Waals surface area contributed by atoms with Crippen LogP contribution in [0.1, 0.15) is 127 Å². The minimum atomic E-state index is -1.91. The van der Waals surface area contributed by atoms with Crippen molar-refractivity contribution in [3.05, 3.63) is 173 Å². The molecule has 10 heterocycles. The van der Waals surface area contributed by atoms with E-state index in [4.69, 9.17) is 47.9 Å². The number of esters is 2. The van der Waals surface area contributed by atoms with E-state index >= 15 is 0 Å². The van der Waals surface area contributed by atoms with Gasteiger partial charge in [0, 0.05) is 144 Å². The molecule has 2 fully saturated rings. The lowest BCUT2D eigenvalue weighted by atomic mass is 9.85. The number of piperazine rings is 2. The Morgan fingerprint density at radius 1 is 0.522 bits per heavy atom. The number of pyridine rings is 4. The Labute approximate surface area is 681 Å². The molecule has 6 aliphatic heterocycles. The van der Waals surface area contributed by atoms with Crippen molar-refractivity contribution in [2.45, 2.75) is 117 Å². The highest BCUT2D eigenvalue weighted by molar-refractivity contribution is 8.77. The van der Waals surface area contributed by atoms with Gasteiger partial charge in [-0.05, 0) is 169 Å². The van der Waals surface area contributed by atoms with Crippen LogP contribution < -0.4 is 36.3 Å². The van der Waals surface area contributed by atoms with Crippen LogP contribution in [-0.4, -0.2) is 198 Å². The molecule has 115 heavy (non-hydrogen) atoms. The maximum atomic E-state index is 14.1. The molecule has 4 aromatic carbocycles. The second-order valence-electron chi connectivity index (χ2n) is 29.5. The van der Waals surface area contributed by atoms with Crippen LogP contribution in [0.25, 0.3) is 44.6 Å². The minimum Gasteiger partial charge on any atom is -0.508 e. The summed E-state index contributed by atoms with van der Waals surface area (Å²) in [6.07, 6.45) is -1.67. The number of rotatable bonds is 25. The number of aryl methyl sites for hydroxylation is 2. The number of likely N-dealkylation sites (N-methyl/N-ethyl adjacent to an activating group) is 2. The second-order valence-corrected chi connectivity index (χ2v) is 34.9. The Bertz CT molecular complexity index is 5180. The monoisotopic (exact) mass is 1650 g/mol. The molecule has 0 radical (unpaired) electrons. The summed E-state index contributed by atoms with van der Waals surface area (Å²) in [6.45, 7) is 21.5. The van der Waals surface area contributed by atoms with E-state index in [1.807, 2.05) is 62.4 Å². The number of phenolic OH excluding ortho intramolecular Hbond substituents is 1. The fraction of sp³-hybridized carbons (Fsp3) is 0.434. The third-order valence-electron chi connectivity index (χ3n) is 21.2. The normalized spacial score (nSPS) is 17.5. The van der Waals surface area contributed by atoms with Gasteiger partial charge in [0.1, 0.15) is 43.5 Å². The molecule has 32 heteroatoms. The van der Waals surface area contributed by atoms with Crippen molar-refractivity contribution in [2.24, 2.45) is 0 Å². The van der Waals surface area contributed by atoms with Gasteiger partial charge in [-0.2, -0.15) is 0 Å². The Kier molecular flexibility index (Phi) is 26.0. The van der Waals surface area contributed by atoms with Crippen molar-refractivity contribution in [1.29, 1.82) is 0 Å². The summed E-state index contributed by atoms with van der Waals surface area (Å²) >= 11 is 0. The molecule has 2 amide bonds. The number of carbonyl (C=O) groups excluding carboxylic acids is 7. The lowest BCUT2D eigenvalue weighted by Gasteiger charge is -2.35. The molecule has 6 aliphatic rings. The van der Waals surface area contributed by atoms with E-state index in [9.17, 15) is 48.3 Å². The number of carbonyl (C=O) groups is 7. The largest absolute Gasteiger partial charge is 0.514 e. The number of benzene rings is 4. The number of nitrogens with zero attached hydrogens (tertiary/aromatic N) is 8. The number of amides is 2. The Morgan fingerprint density at radius 2 is 0.939 bits per heavy atom. The number of nitrogens with one attached hydrogen (secondary N) is 2. The Hall–Kier alpha value is -9.99. The van der Waals surface area contributed by atoms with Gasteiger partial charge in [-0.3, -0.25) is 19.2 Å². The van der Waals surface area contributed by atoms with Crippen LogP contribution in [0.2, 0.25) is 0 Å². The molecule has 2 atom stereocenters. The fourth-order valence-corrected chi connectivity index (χ4v) is 18.6. The molecule has 0 aliphatic carbocycles. The maximum absolute atomic E-state index is 14.1. The van der Waals surface area contributed by atoms with E-state index in [-0.39, 0.29) is 103 Å². The predicted molar refractivity (Wildman–Crippen MR) is 444 cm³/mol. The topological polar surface area (TPSA) is 320 Å². The molecule has 4 aromatic heterocycles. The molecule has 28 nitrogen and oxygen atoms in total. The first-order valence-electron chi connectivity index (χ1n) is 38.6. The first-order chi connectivity index (χ1) is 55.3. The van der Waals surface area contributed by atoms with E-state index in [1.165, 1.54) is 43.2 Å². The quantitative estimate of drug-likeness (QED) is 0.0157. The zero-order valence-corrected chi connectivity index (χ0v) is 69.1. The molecule has 2 saturated heterocycles. The molecule has 608 valence electrons. The first-order valence-corrected chi connectivity index (χ1v) is 43.6. The summed E-state index contributed by atoms with van der Waals surface area (Å²) in [5.74, 6) is 0.769. The number of fused-ring (bicyclic) bond motifs is 10. The smallest absolute Gasteiger partial charge is 0.508 e. The second kappa shape index (κ2) is 36.0. The molecule has 0 unspecified atom stereocenters. The number of cyclic esters (lactones) is 2. The summed E-state index contributed by atoms with van der Waals surface area (Å²) in [6, 6.07) is 28.9. The molecule has 8 aromatic rings. The van der Waals surface area contributed by atoms with Gasteiger partial charge >= 0.3 is 30.4 Å². The lowest BCUT2D eigenvalue weighted by Crippen LogP contribution is -2.47. The Morgan fingerprint density at radius 3 is 1.36 bits per heavy atom. The van der Waals surface area contributed by atoms with Gasteiger partial charge in [-0.25, -0.2) is 33.9 Å². The molecule has 0 saturated carbocycles. The summed E-state index contributed by atoms with van der Waals surface area (Å²) in [5.41, 5.74) is 6.26. The van der Waals surface area contributed by atoms with Gasteiger partial charge in [-0.1, -0.05) is 70.9 Å². The van der Waals surface area contributed by atoms with Gasteiger partial charge in [0.2, 0.25) is 11.2 Å². The van der Waals surface area contributed by atoms with Gasteiger partial charge in [0.15, 0.2) is 0 Å². The van der Waals surface area contributed by atoms with Crippen molar-refractivity contribution in [3.8, 4) is 34.3 Å². The van der Waals surface area contributed by atoms with Crippen LogP contribution in [0.3, 0.4) is 0 Å². The van der Waals surface area contributed by atoms with Gasteiger partial charge in [0.25, 0.3) is 22.9 Å². The van der Waals surface area contributed by atoms with Gasteiger partial charge in [0.05, 0.1) is 58.0 Å². The third kappa shape index (κ3) is 18.0. The van der Waals surface area contributed by atoms with Crippen LogP contribution in [0.5, 0.6) is 11.5 Å². The average Bonchev–Trinajstić information content (AvgIpc) is 1.65. The zero-order valence-electron chi connectivity index (χ0n) is 65.8. The number of ether oxygens (including phenoxy) is 8. The molecule has 0 spiro atoms. The van der Waals surface area contributed by atoms with Crippen molar-refractivity contribution in [3.63, 3.8) is 0 Å². The first kappa shape index (κ1) is 83.0. The average molecular weight is 1650 g/mol. The number of anilines is 2. The molecule has 0 bridgehead atoms. The molecular formula is C83H94N10O18S4. The fourth-order valence-electron chi connectivity index (χ4n) is 15.1. The summed E-state index contributed by atoms with van der Waals surface area (Å²) in [5, 5.41) is 17.6. The number of phenols is 1. The Balaban J connectivity index is 0.000000202. The van der Waals surface area contributed by atoms with Crippen molar-refractivity contribution >= 4 is 119 Å². The summed E-state index contributed by atoms with van der Waals surface area (Å²) in [7, 11) is 10.3. The third-order valence-corrected chi connectivity index (χ3v) is 25.9. The van der Waals surface area contributed by atoms with Crippen LogP contribution in [-0.2, 0) is 93.1 Å². The van der Waals surface area contributed by atoms with Gasteiger partial charge < -0.3 is 82.4 Å². The molecular weight excluding hydrogens is 1550 g/mol. The number of aromatic hydroxyl groups is 1. The number of hydrogen-bond donors (Lipinski definition) is 3. The van der Waals surface area contributed by atoms with Crippen LogP contribution >= 0.6 is 43.2 Å². The van der Waals surface area contributed by atoms with Crippen molar-refractivity contribution < 1.29 is 76.6 Å². The highest BCUT2D eigenvalue weighted by Crippen LogP contribution is 2.46. The van der Waals surface area contributed by atoms with Crippen molar-refractivity contribution in [1.82, 2.24) is 39.5 Å². The standard InChI is InChI=1S/C44H51N5O10S2.C39H43N5O8S2/c1-7-30-31-23-29(57-42(54)58-43(3,4)5)13-14-35(31)46-37-32(30)25-49-36(37)24-34-33(39(49)51)26-56-40(52)44(34,8-2)59-41(53)55-20-22-61-60-21-15-45-38(50)27-9-11-28(12-10-27)48-18-16-47(6)17-19-48;1-4-27-28-20-26(45)10-11-32(28)41-34-29(27)22-44-33(34)21-31-30(36(44)47)23-51-37(48)39(31,5-2)52-38(49)50-17-19-54-53-18-12-40-35(46)24-6-8-25(9-7-24)43-15-13-42(3)14-16-43/h9-14,23-24H,7-8,15-22,25-26H2,1-6H3,(H,45,50);6-11,20-21,45H,4-5,12-19,22-23H2,1-3H3,(H,40,46)/t44-;39-/m00/s1. The van der Waals surface area contributed by atoms with Crippen molar-refractivity contribution in [2.75, 3.05) is 126 Å². The van der Waals surface area contributed by atoms with E-state index in [1.54, 1.807) is 92.3 Å². The van der Waals surface area contributed by atoms with Gasteiger partial charge in [-0.15, -0.1) is 0 Å². The minimum absolute atomic E-state index is 0.00570. The summed E-state index contributed by atoms with van der Waals surface area (Å²) < 4.78 is 47.2. The highest BCUT2D eigenvalue weighted by Gasteiger charge is 2.53. The van der Waals surface area contributed by atoms with E-state index < -0.39 is 47.2 Å². The van der Waals surface area contributed by atoms with E-state index in [0.29, 0.717) is 99.6 Å².